The fraction of sp³-hybridized carbons (Fsp3) is 0.400. The highest BCUT2D eigenvalue weighted by Crippen LogP contribution is 2.18. The fourth-order valence-electron chi connectivity index (χ4n) is 2.60. The Bertz CT molecular complexity index is 504. The molecule has 1 heteroatoms. The summed E-state index contributed by atoms with van der Waals surface area (Å²) in [5.74, 6) is 0. The van der Waals surface area contributed by atoms with Crippen LogP contribution < -0.4 is 5.32 Å². The van der Waals surface area contributed by atoms with E-state index in [1.165, 1.54) is 56.2 Å². The van der Waals surface area contributed by atoms with Gasteiger partial charge in [-0.15, -0.1) is 0 Å². The number of para-hydroxylation sites is 1. The molecule has 0 aliphatic rings. The van der Waals surface area contributed by atoms with Crippen molar-refractivity contribution in [1.29, 1.82) is 0 Å². The second-order valence-corrected chi connectivity index (χ2v) is 5.71. The lowest BCUT2D eigenvalue weighted by Gasteiger charge is -2.08. The predicted octanol–water partition coefficient (Wildman–Crippen LogP) is 6.33. The van der Waals surface area contributed by atoms with Gasteiger partial charge in [-0.25, -0.2) is 0 Å². The maximum Gasteiger partial charge on any atom is 0.0386 e. The van der Waals surface area contributed by atoms with E-state index in [1.807, 2.05) is 6.07 Å². The van der Waals surface area contributed by atoms with Gasteiger partial charge in [-0.2, -0.15) is 0 Å². The number of hydrogen-bond donors (Lipinski definition) is 1. The van der Waals surface area contributed by atoms with Crippen LogP contribution in [0.3, 0.4) is 0 Å². The van der Waals surface area contributed by atoms with Crippen LogP contribution in [-0.2, 0) is 6.42 Å². The third kappa shape index (κ3) is 6.03. The zero-order chi connectivity index (χ0) is 14.8. The molecule has 0 atom stereocenters. The number of aryl methyl sites for hydroxylation is 1. The Morgan fingerprint density at radius 3 is 2.24 bits per heavy atom. The largest absolute Gasteiger partial charge is 0.356 e. The normalized spacial score (nSPS) is 10.5. The standard InChI is InChI=1S/C20H27N/c1-2-3-4-5-6-8-12-18-13-11-16-20(17-18)21-19-14-9-7-10-15-19/h7,9-11,13-17,21H,2-6,8,12H2,1H3. The summed E-state index contributed by atoms with van der Waals surface area (Å²) in [5, 5.41) is 3.46. The van der Waals surface area contributed by atoms with Crippen LogP contribution >= 0.6 is 0 Å². The molecule has 0 heterocycles. The SMILES string of the molecule is CCCCCCCCc1cccc(Nc2ccccc2)c1. The van der Waals surface area contributed by atoms with Crippen LogP contribution in [0.25, 0.3) is 0 Å². The van der Waals surface area contributed by atoms with E-state index in [2.05, 4.69) is 60.8 Å². The van der Waals surface area contributed by atoms with E-state index >= 15 is 0 Å². The van der Waals surface area contributed by atoms with Gasteiger partial charge in [-0.1, -0.05) is 69.4 Å². The quantitative estimate of drug-likeness (QED) is 0.529. The molecule has 1 nitrogen and oxygen atoms in total. The van der Waals surface area contributed by atoms with Crippen molar-refractivity contribution in [3.05, 3.63) is 60.2 Å². The van der Waals surface area contributed by atoms with Gasteiger partial charge in [0.1, 0.15) is 0 Å². The summed E-state index contributed by atoms with van der Waals surface area (Å²) in [6.45, 7) is 2.27. The first-order valence-electron chi connectivity index (χ1n) is 8.29. The summed E-state index contributed by atoms with van der Waals surface area (Å²) in [6.07, 6.45) is 9.34. The molecular formula is C20H27N. The Morgan fingerprint density at radius 2 is 1.43 bits per heavy atom. The lowest BCUT2D eigenvalue weighted by molar-refractivity contribution is 0.607. The van der Waals surface area contributed by atoms with Gasteiger partial charge < -0.3 is 5.32 Å². The first-order chi connectivity index (χ1) is 10.4. The van der Waals surface area contributed by atoms with Crippen molar-refractivity contribution in [2.24, 2.45) is 0 Å². The van der Waals surface area contributed by atoms with E-state index < -0.39 is 0 Å². The molecule has 0 saturated heterocycles. The monoisotopic (exact) mass is 281 g/mol. The van der Waals surface area contributed by atoms with E-state index in [9.17, 15) is 0 Å². The molecule has 0 unspecified atom stereocenters. The first-order valence-corrected chi connectivity index (χ1v) is 8.29. The summed E-state index contributed by atoms with van der Waals surface area (Å²) >= 11 is 0. The summed E-state index contributed by atoms with van der Waals surface area (Å²) in [5.41, 5.74) is 3.77. The third-order valence-corrected chi connectivity index (χ3v) is 3.81. The molecule has 0 radical (unpaired) electrons. The highest BCUT2D eigenvalue weighted by atomic mass is 14.9. The van der Waals surface area contributed by atoms with Crippen LogP contribution in [0.2, 0.25) is 0 Å². The summed E-state index contributed by atoms with van der Waals surface area (Å²) in [4.78, 5) is 0. The summed E-state index contributed by atoms with van der Waals surface area (Å²) in [6, 6.07) is 19.2. The Morgan fingerprint density at radius 1 is 0.714 bits per heavy atom. The number of benzene rings is 2. The smallest absolute Gasteiger partial charge is 0.0386 e. The van der Waals surface area contributed by atoms with Crippen LogP contribution in [0.5, 0.6) is 0 Å². The molecule has 0 saturated carbocycles. The predicted molar refractivity (Wildman–Crippen MR) is 93.2 cm³/mol. The Kier molecular flexibility index (Phi) is 6.87. The van der Waals surface area contributed by atoms with Crippen molar-refractivity contribution in [3.63, 3.8) is 0 Å². The molecule has 0 aliphatic heterocycles. The van der Waals surface area contributed by atoms with Crippen LogP contribution in [0.1, 0.15) is 51.0 Å². The minimum atomic E-state index is 1.15. The van der Waals surface area contributed by atoms with E-state index in [-0.39, 0.29) is 0 Å². The van der Waals surface area contributed by atoms with E-state index in [4.69, 9.17) is 0 Å². The van der Waals surface area contributed by atoms with Crippen molar-refractivity contribution in [3.8, 4) is 0 Å². The van der Waals surface area contributed by atoms with Crippen molar-refractivity contribution in [2.45, 2.75) is 51.9 Å². The molecule has 2 aromatic rings. The Labute approximate surface area is 129 Å². The van der Waals surface area contributed by atoms with Crippen LogP contribution in [0, 0.1) is 0 Å². The van der Waals surface area contributed by atoms with E-state index in [0.717, 1.165) is 5.69 Å². The summed E-state index contributed by atoms with van der Waals surface area (Å²) in [7, 11) is 0. The lowest BCUT2D eigenvalue weighted by atomic mass is 10.0. The van der Waals surface area contributed by atoms with Gasteiger partial charge in [-0.05, 0) is 42.7 Å². The second-order valence-electron chi connectivity index (χ2n) is 5.71. The van der Waals surface area contributed by atoms with Gasteiger partial charge in [0.05, 0.1) is 0 Å². The topological polar surface area (TPSA) is 12.0 Å². The van der Waals surface area contributed by atoms with Gasteiger partial charge in [0.25, 0.3) is 0 Å². The van der Waals surface area contributed by atoms with Crippen molar-refractivity contribution < 1.29 is 0 Å². The van der Waals surface area contributed by atoms with Crippen molar-refractivity contribution >= 4 is 11.4 Å². The number of unbranched alkanes of at least 4 members (excludes halogenated alkanes) is 5. The average molecular weight is 281 g/mol. The van der Waals surface area contributed by atoms with Gasteiger partial charge in [0.15, 0.2) is 0 Å². The minimum absolute atomic E-state index is 1.15. The van der Waals surface area contributed by atoms with Gasteiger partial charge in [0, 0.05) is 11.4 Å². The van der Waals surface area contributed by atoms with Crippen LogP contribution in [-0.4, -0.2) is 0 Å². The molecule has 0 aromatic heterocycles. The molecule has 0 fully saturated rings. The van der Waals surface area contributed by atoms with Crippen LogP contribution in [0.15, 0.2) is 54.6 Å². The lowest BCUT2D eigenvalue weighted by Crippen LogP contribution is -1.92. The number of rotatable bonds is 9. The highest BCUT2D eigenvalue weighted by Gasteiger charge is 1.98. The van der Waals surface area contributed by atoms with Gasteiger partial charge in [-0.3, -0.25) is 0 Å². The molecule has 112 valence electrons. The van der Waals surface area contributed by atoms with E-state index in [1.54, 1.807) is 0 Å². The van der Waals surface area contributed by atoms with Crippen molar-refractivity contribution in [2.75, 3.05) is 5.32 Å². The molecule has 0 aliphatic carbocycles. The number of nitrogens with one attached hydrogen (secondary N) is 1. The van der Waals surface area contributed by atoms with Gasteiger partial charge in [0.2, 0.25) is 0 Å². The molecule has 0 spiro atoms. The van der Waals surface area contributed by atoms with Crippen molar-refractivity contribution in [1.82, 2.24) is 0 Å². The Hall–Kier alpha value is -1.76. The molecule has 0 bridgehead atoms. The van der Waals surface area contributed by atoms with Gasteiger partial charge >= 0.3 is 0 Å². The number of anilines is 2. The third-order valence-electron chi connectivity index (χ3n) is 3.81. The first kappa shape index (κ1) is 15.6. The maximum absolute atomic E-state index is 3.46. The molecule has 2 aromatic carbocycles. The van der Waals surface area contributed by atoms with E-state index in [0.29, 0.717) is 0 Å². The average Bonchev–Trinajstić information content (AvgIpc) is 2.52. The van der Waals surface area contributed by atoms with Crippen LogP contribution in [0.4, 0.5) is 11.4 Å². The maximum atomic E-state index is 3.46. The summed E-state index contributed by atoms with van der Waals surface area (Å²) < 4.78 is 0. The minimum Gasteiger partial charge on any atom is -0.356 e. The molecule has 21 heavy (non-hydrogen) atoms. The molecule has 1 N–H and O–H groups in total. The highest BCUT2D eigenvalue weighted by molar-refractivity contribution is 5.59. The molecular weight excluding hydrogens is 254 g/mol. The molecule has 2 rings (SSSR count). The number of hydrogen-bond acceptors (Lipinski definition) is 1. The zero-order valence-corrected chi connectivity index (χ0v) is 13.1. The second kappa shape index (κ2) is 9.23. The fourth-order valence-corrected chi connectivity index (χ4v) is 2.60. The Balaban J connectivity index is 1.78. The molecule has 0 amide bonds. The zero-order valence-electron chi connectivity index (χ0n) is 13.1.